The van der Waals surface area contributed by atoms with E-state index in [1.807, 2.05) is 12.2 Å². The maximum atomic E-state index is 12.0. The number of fused-ring (bicyclic) bond motifs is 1. The van der Waals surface area contributed by atoms with Crippen LogP contribution in [-0.4, -0.2) is 19.7 Å². The number of H-pyrrole nitrogens is 1. The van der Waals surface area contributed by atoms with Crippen LogP contribution in [0.2, 0.25) is 0 Å². The van der Waals surface area contributed by atoms with Gasteiger partial charge in [0.15, 0.2) is 5.65 Å². The van der Waals surface area contributed by atoms with E-state index in [9.17, 15) is 4.79 Å². The second-order valence-corrected chi connectivity index (χ2v) is 7.36. The molecule has 0 unspecified atom stereocenters. The van der Waals surface area contributed by atoms with Gasteiger partial charge in [0.05, 0.1) is 6.20 Å². The van der Waals surface area contributed by atoms with E-state index in [1.165, 1.54) is 11.1 Å². The van der Waals surface area contributed by atoms with E-state index in [2.05, 4.69) is 48.0 Å². The van der Waals surface area contributed by atoms with Crippen LogP contribution in [0.25, 0.3) is 23.2 Å². The van der Waals surface area contributed by atoms with Crippen molar-refractivity contribution in [2.24, 2.45) is 7.05 Å². The molecule has 3 aromatic heterocycles. The van der Waals surface area contributed by atoms with Gasteiger partial charge in [0, 0.05) is 16.8 Å². The molecule has 114 valence electrons. The molecule has 0 saturated carbocycles. The van der Waals surface area contributed by atoms with Crippen LogP contribution in [0.4, 0.5) is 0 Å². The molecular weight excluding hydrogens is 296 g/mol. The Labute approximate surface area is 132 Å². The van der Waals surface area contributed by atoms with E-state index in [0.717, 1.165) is 4.88 Å². The Morgan fingerprint density at radius 2 is 2.05 bits per heavy atom. The molecule has 0 amide bonds. The molecule has 0 aliphatic heterocycles. The molecule has 0 aromatic carbocycles. The van der Waals surface area contributed by atoms with Gasteiger partial charge < -0.3 is 4.98 Å². The summed E-state index contributed by atoms with van der Waals surface area (Å²) in [5.74, 6) is 0.534. The molecule has 0 saturated heterocycles. The molecule has 3 heterocycles. The standard InChI is InChI=1S/C16H18N4OS/c1-16(2,3)12-7-5-10(22-12)6-8-13-18-14-11(15(21)19-13)9-17-20(14)4/h5-9H,1-4H3,(H,18,19,21)/b8-6+. The zero-order chi connectivity index (χ0) is 15.9. The Kier molecular flexibility index (Phi) is 3.48. The van der Waals surface area contributed by atoms with Crippen LogP contribution >= 0.6 is 11.3 Å². The Hall–Kier alpha value is -2.21. The van der Waals surface area contributed by atoms with Gasteiger partial charge in [-0.15, -0.1) is 11.3 Å². The summed E-state index contributed by atoms with van der Waals surface area (Å²) in [5.41, 5.74) is 0.570. The number of nitrogens with zero attached hydrogens (tertiary/aromatic N) is 3. The van der Waals surface area contributed by atoms with Gasteiger partial charge in [-0.3, -0.25) is 9.48 Å². The van der Waals surface area contributed by atoms with Crippen LogP contribution in [0.15, 0.2) is 23.1 Å². The molecule has 0 aliphatic rings. The third-order valence-corrected chi connectivity index (χ3v) is 4.87. The third kappa shape index (κ3) is 2.74. The molecule has 0 aliphatic carbocycles. The normalized spacial score (nSPS) is 12.5. The molecule has 3 rings (SSSR count). The predicted octanol–water partition coefficient (Wildman–Crippen LogP) is 3.19. The van der Waals surface area contributed by atoms with Crippen molar-refractivity contribution in [1.29, 1.82) is 0 Å². The highest BCUT2D eigenvalue weighted by Gasteiger charge is 2.15. The first-order valence-electron chi connectivity index (χ1n) is 7.05. The van der Waals surface area contributed by atoms with Crippen LogP contribution in [0.3, 0.4) is 0 Å². The van der Waals surface area contributed by atoms with Crippen molar-refractivity contribution < 1.29 is 0 Å². The van der Waals surface area contributed by atoms with Crippen molar-refractivity contribution in [3.63, 3.8) is 0 Å². The van der Waals surface area contributed by atoms with Gasteiger partial charge in [0.1, 0.15) is 11.2 Å². The SMILES string of the molecule is Cn1ncc2c(=O)[nH]c(/C=C/c3ccc(C(C)(C)C)s3)nc21. The van der Waals surface area contributed by atoms with Gasteiger partial charge in [-0.05, 0) is 29.7 Å². The van der Waals surface area contributed by atoms with E-state index in [4.69, 9.17) is 0 Å². The fourth-order valence-corrected chi connectivity index (χ4v) is 3.10. The van der Waals surface area contributed by atoms with E-state index < -0.39 is 0 Å². The summed E-state index contributed by atoms with van der Waals surface area (Å²) < 4.78 is 1.60. The van der Waals surface area contributed by atoms with Crippen LogP contribution < -0.4 is 5.56 Å². The van der Waals surface area contributed by atoms with Gasteiger partial charge >= 0.3 is 0 Å². The van der Waals surface area contributed by atoms with E-state index in [1.54, 1.807) is 23.1 Å². The number of aryl methyl sites for hydroxylation is 1. The molecule has 0 spiro atoms. The lowest BCUT2D eigenvalue weighted by molar-refractivity contribution is 0.604. The smallest absolute Gasteiger partial charge is 0.262 e. The maximum Gasteiger partial charge on any atom is 0.262 e. The first-order chi connectivity index (χ1) is 10.3. The number of rotatable bonds is 2. The summed E-state index contributed by atoms with van der Waals surface area (Å²) in [5, 5.41) is 4.56. The number of aromatic amines is 1. The largest absolute Gasteiger partial charge is 0.306 e. The molecule has 1 N–H and O–H groups in total. The first-order valence-corrected chi connectivity index (χ1v) is 7.87. The van der Waals surface area contributed by atoms with Crippen molar-refractivity contribution in [1.82, 2.24) is 19.7 Å². The highest BCUT2D eigenvalue weighted by Crippen LogP contribution is 2.30. The van der Waals surface area contributed by atoms with Crippen molar-refractivity contribution in [2.75, 3.05) is 0 Å². The fourth-order valence-electron chi connectivity index (χ4n) is 2.14. The lowest BCUT2D eigenvalue weighted by Gasteiger charge is -2.15. The maximum absolute atomic E-state index is 12.0. The van der Waals surface area contributed by atoms with Gasteiger partial charge in [0.25, 0.3) is 5.56 Å². The lowest BCUT2D eigenvalue weighted by atomic mass is 9.95. The summed E-state index contributed by atoms with van der Waals surface area (Å²) in [6.07, 6.45) is 5.33. The number of hydrogen-bond donors (Lipinski definition) is 1. The zero-order valence-electron chi connectivity index (χ0n) is 13.0. The van der Waals surface area contributed by atoms with Gasteiger partial charge in [-0.1, -0.05) is 20.8 Å². The Morgan fingerprint density at radius 3 is 2.73 bits per heavy atom. The second kappa shape index (κ2) is 5.21. The molecule has 22 heavy (non-hydrogen) atoms. The van der Waals surface area contributed by atoms with Crippen molar-refractivity contribution >= 4 is 34.5 Å². The number of thiophene rings is 1. The number of aromatic nitrogens is 4. The third-order valence-electron chi connectivity index (χ3n) is 3.39. The summed E-state index contributed by atoms with van der Waals surface area (Å²) in [6.45, 7) is 6.59. The molecule has 6 heteroatoms. The highest BCUT2D eigenvalue weighted by molar-refractivity contribution is 7.13. The van der Waals surface area contributed by atoms with E-state index in [0.29, 0.717) is 16.9 Å². The highest BCUT2D eigenvalue weighted by atomic mass is 32.1. The predicted molar refractivity (Wildman–Crippen MR) is 91.1 cm³/mol. The van der Waals surface area contributed by atoms with Crippen molar-refractivity contribution in [3.05, 3.63) is 44.3 Å². The van der Waals surface area contributed by atoms with Gasteiger partial charge in [0.2, 0.25) is 0 Å². The van der Waals surface area contributed by atoms with Crippen molar-refractivity contribution in [3.8, 4) is 0 Å². The molecule has 0 atom stereocenters. The molecule has 0 fully saturated rings. The van der Waals surface area contributed by atoms with Crippen LogP contribution in [0, 0.1) is 0 Å². The average molecular weight is 314 g/mol. The lowest BCUT2D eigenvalue weighted by Crippen LogP contribution is -2.09. The summed E-state index contributed by atoms with van der Waals surface area (Å²) in [6, 6.07) is 4.23. The van der Waals surface area contributed by atoms with Crippen LogP contribution in [0.1, 0.15) is 36.3 Å². The first kappa shape index (κ1) is 14.7. The Balaban J connectivity index is 1.94. The minimum Gasteiger partial charge on any atom is -0.306 e. The fraction of sp³-hybridized carbons (Fsp3) is 0.312. The number of nitrogens with one attached hydrogen (secondary N) is 1. The number of hydrogen-bond acceptors (Lipinski definition) is 4. The molecule has 5 nitrogen and oxygen atoms in total. The molecular formula is C16H18N4OS. The van der Waals surface area contributed by atoms with Crippen LogP contribution in [0.5, 0.6) is 0 Å². The van der Waals surface area contributed by atoms with Gasteiger partial charge in [-0.25, -0.2) is 4.98 Å². The minimum atomic E-state index is -0.167. The quantitative estimate of drug-likeness (QED) is 0.790. The second-order valence-electron chi connectivity index (χ2n) is 6.24. The summed E-state index contributed by atoms with van der Waals surface area (Å²) in [4.78, 5) is 21.6. The van der Waals surface area contributed by atoms with E-state index in [-0.39, 0.29) is 11.0 Å². The monoisotopic (exact) mass is 314 g/mol. The molecule has 3 aromatic rings. The van der Waals surface area contributed by atoms with Crippen LogP contribution in [-0.2, 0) is 12.5 Å². The Bertz CT molecular complexity index is 908. The molecule has 0 bridgehead atoms. The van der Waals surface area contributed by atoms with Gasteiger partial charge in [-0.2, -0.15) is 5.10 Å². The zero-order valence-corrected chi connectivity index (χ0v) is 13.9. The summed E-state index contributed by atoms with van der Waals surface area (Å²) >= 11 is 1.75. The minimum absolute atomic E-state index is 0.150. The average Bonchev–Trinajstić information content (AvgIpc) is 3.04. The Morgan fingerprint density at radius 1 is 1.27 bits per heavy atom. The topological polar surface area (TPSA) is 63.6 Å². The summed E-state index contributed by atoms with van der Waals surface area (Å²) in [7, 11) is 1.77. The van der Waals surface area contributed by atoms with Crippen molar-refractivity contribution in [2.45, 2.75) is 26.2 Å². The molecule has 0 radical (unpaired) electrons. The van der Waals surface area contributed by atoms with E-state index >= 15 is 0 Å².